The molecule has 8 heteroatoms. The van der Waals surface area contributed by atoms with Crippen LogP contribution in [0.3, 0.4) is 0 Å². The number of carbonyl (C=O) groups excluding carboxylic acids is 1. The molecule has 24 heavy (non-hydrogen) atoms. The Hall–Kier alpha value is -3.29. The second-order valence-electron chi connectivity index (χ2n) is 5.06. The van der Waals surface area contributed by atoms with Gasteiger partial charge in [-0.3, -0.25) is 4.98 Å². The monoisotopic (exact) mass is 323 g/mol. The van der Waals surface area contributed by atoms with Gasteiger partial charge in [-0.2, -0.15) is 5.10 Å². The molecule has 0 aliphatic heterocycles. The molecule has 0 saturated heterocycles. The lowest BCUT2D eigenvalue weighted by atomic mass is 10.1. The Morgan fingerprint density at radius 3 is 2.67 bits per heavy atom. The Morgan fingerprint density at radius 2 is 1.96 bits per heavy atom. The van der Waals surface area contributed by atoms with E-state index in [2.05, 4.69) is 30.7 Å². The van der Waals surface area contributed by atoms with Gasteiger partial charge in [-0.1, -0.05) is 6.92 Å². The van der Waals surface area contributed by atoms with Crippen LogP contribution in [0.1, 0.15) is 24.9 Å². The van der Waals surface area contributed by atoms with Crippen molar-refractivity contribution < 1.29 is 4.79 Å². The summed E-state index contributed by atoms with van der Waals surface area (Å²) in [5.74, 6) is 0.439. The van der Waals surface area contributed by atoms with Gasteiger partial charge in [0.1, 0.15) is 0 Å². The molecule has 0 saturated carbocycles. The van der Waals surface area contributed by atoms with Crippen LogP contribution in [0.2, 0.25) is 0 Å². The highest BCUT2D eigenvalue weighted by molar-refractivity contribution is 5.89. The number of anilines is 1. The van der Waals surface area contributed by atoms with E-state index in [1.54, 1.807) is 43.2 Å². The quantitative estimate of drug-likeness (QED) is 0.751. The minimum absolute atomic E-state index is 0.0829. The van der Waals surface area contributed by atoms with Crippen molar-refractivity contribution in [3.8, 4) is 5.95 Å². The number of hydrogen-bond donors (Lipinski definition) is 2. The summed E-state index contributed by atoms with van der Waals surface area (Å²) in [6.45, 7) is 2.01. The second kappa shape index (κ2) is 7.32. The number of carbonyl (C=O) groups is 1. The van der Waals surface area contributed by atoms with Gasteiger partial charge in [-0.25, -0.2) is 19.4 Å². The van der Waals surface area contributed by atoms with Gasteiger partial charge in [-0.05, 0) is 30.2 Å². The summed E-state index contributed by atoms with van der Waals surface area (Å²) in [4.78, 5) is 24.4. The Balaban J connectivity index is 1.64. The zero-order valence-electron chi connectivity index (χ0n) is 13.1. The number of rotatable bonds is 5. The van der Waals surface area contributed by atoms with Gasteiger partial charge in [0.2, 0.25) is 5.95 Å². The maximum atomic E-state index is 12.2. The minimum atomic E-state index is -0.299. The molecular formula is C16H17N7O. The third-order valence-corrected chi connectivity index (χ3v) is 3.42. The minimum Gasteiger partial charge on any atom is -0.331 e. The van der Waals surface area contributed by atoms with E-state index in [1.807, 2.05) is 19.1 Å². The van der Waals surface area contributed by atoms with Crippen molar-refractivity contribution in [2.24, 2.45) is 0 Å². The molecule has 0 aliphatic carbocycles. The molecule has 122 valence electrons. The maximum Gasteiger partial charge on any atom is 0.319 e. The van der Waals surface area contributed by atoms with Crippen molar-refractivity contribution in [2.45, 2.75) is 19.4 Å². The van der Waals surface area contributed by atoms with Crippen LogP contribution in [0.25, 0.3) is 5.95 Å². The van der Waals surface area contributed by atoms with Crippen LogP contribution in [0, 0.1) is 0 Å². The van der Waals surface area contributed by atoms with Crippen molar-refractivity contribution in [3.05, 3.63) is 60.9 Å². The van der Waals surface area contributed by atoms with Gasteiger partial charge in [-0.15, -0.1) is 0 Å². The van der Waals surface area contributed by atoms with E-state index in [4.69, 9.17) is 0 Å². The van der Waals surface area contributed by atoms with E-state index in [-0.39, 0.29) is 12.1 Å². The van der Waals surface area contributed by atoms with Crippen molar-refractivity contribution in [3.63, 3.8) is 0 Å². The molecule has 0 aromatic carbocycles. The smallest absolute Gasteiger partial charge is 0.319 e. The average Bonchev–Trinajstić information content (AvgIpc) is 3.09. The summed E-state index contributed by atoms with van der Waals surface area (Å²) < 4.78 is 1.50. The summed E-state index contributed by atoms with van der Waals surface area (Å²) in [5.41, 5.74) is 1.57. The van der Waals surface area contributed by atoms with Crippen molar-refractivity contribution in [1.29, 1.82) is 0 Å². The summed E-state index contributed by atoms with van der Waals surface area (Å²) in [5, 5.41) is 9.83. The SMILES string of the molecule is CC[C@H](NC(=O)Nc1cnn(-c2ncccn2)c1)c1ccncc1. The zero-order chi connectivity index (χ0) is 16.8. The van der Waals surface area contributed by atoms with Gasteiger partial charge in [0.05, 0.1) is 24.1 Å². The summed E-state index contributed by atoms with van der Waals surface area (Å²) in [6.07, 6.45) is 10.7. The third-order valence-electron chi connectivity index (χ3n) is 3.42. The number of amides is 2. The molecule has 0 aliphatic rings. The molecular weight excluding hydrogens is 306 g/mol. The van der Waals surface area contributed by atoms with Gasteiger partial charge in [0, 0.05) is 24.8 Å². The third kappa shape index (κ3) is 3.72. The predicted octanol–water partition coefficient (Wildman–Crippen LogP) is 2.33. The van der Waals surface area contributed by atoms with Crippen LogP contribution in [-0.2, 0) is 0 Å². The fourth-order valence-electron chi connectivity index (χ4n) is 2.25. The van der Waals surface area contributed by atoms with Gasteiger partial charge in [0.15, 0.2) is 0 Å². The molecule has 3 rings (SSSR count). The number of hydrogen-bond acceptors (Lipinski definition) is 5. The molecule has 0 bridgehead atoms. The molecule has 3 heterocycles. The highest BCUT2D eigenvalue weighted by Crippen LogP contribution is 2.15. The largest absolute Gasteiger partial charge is 0.331 e. The first kappa shape index (κ1) is 15.6. The van der Waals surface area contributed by atoms with Crippen LogP contribution in [-0.4, -0.2) is 30.8 Å². The highest BCUT2D eigenvalue weighted by Gasteiger charge is 2.13. The number of aromatic nitrogens is 5. The van der Waals surface area contributed by atoms with E-state index in [1.165, 1.54) is 4.68 Å². The average molecular weight is 323 g/mol. The standard InChI is InChI=1S/C16H17N7O/c1-2-14(12-4-8-17-9-5-12)22-16(24)21-13-10-20-23(11-13)15-18-6-3-7-19-15/h3-11,14H,2H2,1H3,(H2,21,22,24)/t14-/m0/s1. The predicted molar refractivity (Wildman–Crippen MR) is 88.6 cm³/mol. The molecule has 0 unspecified atom stereocenters. The summed E-state index contributed by atoms with van der Waals surface area (Å²) in [7, 11) is 0. The number of nitrogens with zero attached hydrogens (tertiary/aromatic N) is 5. The molecule has 1 atom stereocenters. The van der Waals surface area contributed by atoms with Crippen molar-refractivity contribution in [1.82, 2.24) is 30.0 Å². The van der Waals surface area contributed by atoms with Crippen LogP contribution < -0.4 is 10.6 Å². The first-order chi connectivity index (χ1) is 11.8. The van der Waals surface area contributed by atoms with Gasteiger partial charge >= 0.3 is 6.03 Å². The Bertz CT molecular complexity index is 788. The first-order valence-corrected chi connectivity index (χ1v) is 7.55. The van der Waals surface area contributed by atoms with Gasteiger partial charge < -0.3 is 10.6 Å². The Labute approximate surface area is 139 Å². The second-order valence-corrected chi connectivity index (χ2v) is 5.06. The van der Waals surface area contributed by atoms with Crippen LogP contribution in [0.15, 0.2) is 55.4 Å². The lowest BCUT2D eigenvalue weighted by molar-refractivity contribution is 0.248. The first-order valence-electron chi connectivity index (χ1n) is 7.55. The Kier molecular flexibility index (Phi) is 4.76. The molecule has 3 aromatic heterocycles. The van der Waals surface area contributed by atoms with Crippen LogP contribution in [0.4, 0.5) is 10.5 Å². The lowest BCUT2D eigenvalue weighted by Crippen LogP contribution is -2.32. The van der Waals surface area contributed by atoms with E-state index in [0.717, 1.165) is 12.0 Å². The maximum absolute atomic E-state index is 12.2. The fraction of sp³-hybridized carbons (Fsp3) is 0.188. The van der Waals surface area contributed by atoms with E-state index >= 15 is 0 Å². The molecule has 8 nitrogen and oxygen atoms in total. The molecule has 0 radical (unpaired) electrons. The summed E-state index contributed by atoms with van der Waals surface area (Å²) >= 11 is 0. The topological polar surface area (TPSA) is 97.6 Å². The molecule has 3 aromatic rings. The number of nitrogens with one attached hydrogen (secondary N) is 2. The number of pyridine rings is 1. The molecule has 0 fully saturated rings. The normalized spacial score (nSPS) is 11.7. The van der Waals surface area contributed by atoms with Gasteiger partial charge in [0.25, 0.3) is 0 Å². The van der Waals surface area contributed by atoms with Crippen LogP contribution in [0.5, 0.6) is 0 Å². The number of urea groups is 1. The lowest BCUT2D eigenvalue weighted by Gasteiger charge is -2.17. The zero-order valence-corrected chi connectivity index (χ0v) is 13.1. The molecule has 2 N–H and O–H groups in total. The van der Waals surface area contributed by atoms with E-state index in [0.29, 0.717) is 11.6 Å². The van der Waals surface area contributed by atoms with Crippen LogP contribution >= 0.6 is 0 Å². The summed E-state index contributed by atoms with van der Waals surface area (Å²) in [6, 6.07) is 5.12. The van der Waals surface area contributed by atoms with Crippen molar-refractivity contribution in [2.75, 3.05) is 5.32 Å². The molecule has 2 amide bonds. The van der Waals surface area contributed by atoms with E-state index in [9.17, 15) is 4.79 Å². The highest BCUT2D eigenvalue weighted by atomic mass is 16.2. The molecule has 0 spiro atoms. The fourth-order valence-corrected chi connectivity index (χ4v) is 2.25. The Morgan fingerprint density at radius 1 is 1.21 bits per heavy atom. The van der Waals surface area contributed by atoms with E-state index < -0.39 is 0 Å². The van der Waals surface area contributed by atoms with Crippen molar-refractivity contribution >= 4 is 11.7 Å².